The van der Waals surface area contributed by atoms with Crippen LogP contribution < -0.4 is 20.3 Å². The number of nitrogens with one attached hydrogen (secondary N) is 1. The minimum atomic E-state index is -0.524. The highest BCUT2D eigenvalue weighted by Crippen LogP contribution is 2.47. The predicted octanol–water partition coefficient (Wildman–Crippen LogP) is 2.07. The van der Waals surface area contributed by atoms with Crippen LogP contribution in [0.5, 0.6) is 11.5 Å². The standard InChI is InChI=1S/C17H17N3O4/c1-20-15(21)7-5-12(19-20)16(22)18-11-4-6-13-14(10-11)24-17(23-13)8-2-3-9-17/h4-7,10H,2-3,8-9H2,1H3,(H,18,22). The van der Waals surface area contributed by atoms with Gasteiger partial charge in [-0.25, -0.2) is 4.68 Å². The molecule has 124 valence electrons. The molecule has 0 saturated heterocycles. The van der Waals surface area contributed by atoms with Crippen molar-refractivity contribution in [3.8, 4) is 11.5 Å². The van der Waals surface area contributed by atoms with Crippen LogP contribution in [0.4, 0.5) is 5.69 Å². The summed E-state index contributed by atoms with van der Waals surface area (Å²) in [5, 5.41) is 6.70. The third kappa shape index (κ3) is 2.51. The SMILES string of the molecule is Cn1nc(C(=O)Nc2ccc3c(c2)OC2(CCCC2)O3)ccc1=O. The van der Waals surface area contributed by atoms with Crippen LogP contribution >= 0.6 is 0 Å². The predicted molar refractivity (Wildman–Crippen MR) is 86.3 cm³/mol. The minimum absolute atomic E-state index is 0.169. The van der Waals surface area contributed by atoms with E-state index < -0.39 is 5.79 Å². The molecule has 1 aromatic carbocycles. The summed E-state index contributed by atoms with van der Waals surface area (Å²) in [4.78, 5) is 23.6. The van der Waals surface area contributed by atoms with E-state index in [1.165, 1.54) is 19.2 Å². The number of carbonyl (C=O) groups is 1. The van der Waals surface area contributed by atoms with E-state index in [1.807, 2.05) is 0 Å². The molecular formula is C17H17N3O4. The van der Waals surface area contributed by atoms with E-state index in [0.29, 0.717) is 17.2 Å². The number of ether oxygens (including phenoxy) is 2. The largest absolute Gasteiger partial charge is 0.448 e. The van der Waals surface area contributed by atoms with Crippen molar-refractivity contribution in [3.05, 3.63) is 46.4 Å². The Morgan fingerprint density at radius 3 is 2.67 bits per heavy atom. The molecule has 7 heteroatoms. The molecule has 0 atom stereocenters. The summed E-state index contributed by atoms with van der Waals surface area (Å²) >= 11 is 0. The Balaban J connectivity index is 1.53. The Morgan fingerprint density at radius 1 is 1.17 bits per heavy atom. The van der Waals surface area contributed by atoms with Gasteiger partial charge in [0, 0.05) is 37.7 Å². The molecule has 24 heavy (non-hydrogen) atoms. The summed E-state index contributed by atoms with van der Waals surface area (Å²) < 4.78 is 13.1. The van der Waals surface area contributed by atoms with Crippen molar-refractivity contribution in [3.63, 3.8) is 0 Å². The van der Waals surface area contributed by atoms with Gasteiger partial charge < -0.3 is 14.8 Å². The minimum Gasteiger partial charge on any atom is -0.448 e. The van der Waals surface area contributed by atoms with E-state index in [0.717, 1.165) is 30.4 Å². The summed E-state index contributed by atoms with van der Waals surface area (Å²) in [5.41, 5.74) is 0.492. The summed E-state index contributed by atoms with van der Waals surface area (Å²) in [7, 11) is 1.50. The lowest BCUT2D eigenvalue weighted by molar-refractivity contribution is -0.0716. The van der Waals surface area contributed by atoms with E-state index in [4.69, 9.17) is 9.47 Å². The van der Waals surface area contributed by atoms with Crippen molar-refractivity contribution in [2.75, 3.05) is 5.32 Å². The topological polar surface area (TPSA) is 82.5 Å². The Hall–Kier alpha value is -2.83. The number of benzene rings is 1. The molecule has 1 amide bonds. The van der Waals surface area contributed by atoms with E-state index in [1.54, 1.807) is 18.2 Å². The third-order valence-electron chi connectivity index (χ3n) is 4.35. The lowest BCUT2D eigenvalue weighted by atomic mass is 10.2. The molecule has 0 bridgehead atoms. The first-order valence-corrected chi connectivity index (χ1v) is 7.92. The van der Waals surface area contributed by atoms with Gasteiger partial charge in [-0.1, -0.05) is 0 Å². The molecule has 1 spiro atoms. The Labute approximate surface area is 138 Å². The van der Waals surface area contributed by atoms with Gasteiger partial charge in [0.1, 0.15) is 5.69 Å². The number of rotatable bonds is 2. The smallest absolute Gasteiger partial charge is 0.276 e. The molecule has 7 nitrogen and oxygen atoms in total. The molecule has 4 rings (SSSR count). The van der Waals surface area contributed by atoms with Crippen LogP contribution in [0.1, 0.15) is 36.2 Å². The molecule has 2 aliphatic rings. The van der Waals surface area contributed by atoms with Crippen molar-refractivity contribution in [2.45, 2.75) is 31.5 Å². The average Bonchev–Trinajstić information content (AvgIpc) is 3.15. The van der Waals surface area contributed by atoms with Crippen molar-refractivity contribution < 1.29 is 14.3 Å². The lowest BCUT2D eigenvalue weighted by Gasteiger charge is -2.21. The van der Waals surface area contributed by atoms with Crippen molar-refractivity contribution in [2.24, 2.45) is 7.05 Å². The van der Waals surface area contributed by atoms with E-state index in [-0.39, 0.29) is 17.2 Å². The van der Waals surface area contributed by atoms with E-state index in [2.05, 4.69) is 10.4 Å². The van der Waals surface area contributed by atoms with Crippen LogP contribution in [0.25, 0.3) is 0 Å². The summed E-state index contributed by atoms with van der Waals surface area (Å²) in [6.07, 6.45) is 3.95. The van der Waals surface area contributed by atoms with Crippen LogP contribution in [-0.2, 0) is 7.05 Å². The Morgan fingerprint density at radius 2 is 1.92 bits per heavy atom. The van der Waals surface area contributed by atoms with Gasteiger partial charge >= 0.3 is 0 Å². The molecule has 1 aliphatic heterocycles. The number of fused-ring (bicyclic) bond motifs is 1. The number of hydrogen-bond acceptors (Lipinski definition) is 5. The van der Waals surface area contributed by atoms with Crippen molar-refractivity contribution in [1.29, 1.82) is 0 Å². The highest BCUT2D eigenvalue weighted by Gasteiger charge is 2.44. The van der Waals surface area contributed by atoms with Crippen LogP contribution in [0, 0.1) is 0 Å². The number of aryl methyl sites for hydroxylation is 1. The van der Waals surface area contributed by atoms with Crippen LogP contribution in [0.3, 0.4) is 0 Å². The van der Waals surface area contributed by atoms with Gasteiger partial charge in [-0.3, -0.25) is 9.59 Å². The van der Waals surface area contributed by atoms with Crippen LogP contribution in [0.15, 0.2) is 35.1 Å². The Kier molecular flexibility index (Phi) is 3.30. The number of aromatic nitrogens is 2. The van der Waals surface area contributed by atoms with Gasteiger partial charge in [-0.15, -0.1) is 0 Å². The first-order chi connectivity index (χ1) is 11.5. The van der Waals surface area contributed by atoms with Gasteiger partial charge in [-0.2, -0.15) is 5.10 Å². The number of carbonyl (C=O) groups excluding carboxylic acids is 1. The highest BCUT2D eigenvalue weighted by molar-refractivity contribution is 6.02. The number of amides is 1. The second-order valence-electron chi connectivity index (χ2n) is 6.12. The van der Waals surface area contributed by atoms with Crippen LogP contribution in [0.2, 0.25) is 0 Å². The number of hydrogen-bond donors (Lipinski definition) is 1. The lowest BCUT2D eigenvalue weighted by Crippen LogP contribution is -2.34. The maximum Gasteiger partial charge on any atom is 0.276 e. The molecule has 1 aliphatic carbocycles. The first-order valence-electron chi connectivity index (χ1n) is 7.92. The number of nitrogens with zero attached hydrogens (tertiary/aromatic N) is 2. The Bertz CT molecular complexity index is 868. The maximum absolute atomic E-state index is 12.3. The molecule has 0 unspecified atom stereocenters. The zero-order chi connectivity index (χ0) is 16.7. The summed E-state index contributed by atoms with van der Waals surface area (Å²) in [5.74, 6) is 0.433. The highest BCUT2D eigenvalue weighted by atomic mass is 16.7. The first kappa shape index (κ1) is 14.7. The van der Waals surface area contributed by atoms with Gasteiger partial charge in [0.15, 0.2) is 11.5 Å². The maximum atomic E-state index is 12.3. The monoisotopic (exact) mass is 327 g/mol. The second-order valence-corrected chi connectivity index (χ2v) is 6.12. The van der Waals surface area contributed by atoms with Gasteiger partial charge in [0.25, 0.3) is 17.3 Å². The van der Waals surface area contributed by atoms with E-state index >= 15 is 0 Å². The number of anilines is 1. The summed E-state index contributed by atoms with van der Waals surface area (Å²) in [6, 6.07) is 8.02. The molecule has 1 fully saturated rings. The summed E-state index contributed by atoms with van der Waals surface area (Å²) in [6.45, 7) is 0. The van der Waals surface area contributed by atoms with Gasteiger partial charge in [-0.05, 0) is 31.0 Å². The fourth-order valence-corrected chi connectivity index (χ4v) is 3.11. The molecule has 1 aromatic heterocycles. The second kappa shape index (κ2) is 5.36. The average molecular weight is 327 g/mol. The van der Waals surface area contributed by atoms with Crippen molar-refractivity contribution >= 4 is 11.6 Å². The quantitative estimate of drug-likeness (QED) is 0.913. The molecular weight excluding hydrogens is 310 g/mol. The van der Waals surface area contributed by atoms with Gasteiger partial charge in [0.05, 0.1) is 0 Å². The molecule has 0 radical (unpaired) electrons. The molecule has 2 aromatic rings. The fourth-order valence-electron chi connectivity index (χ4n) is 3.11. The van der Waals surface area contributed by atoms with Crippen LogP contribution in [-0.4, -0.2) is 21.5 Å². The molecule has 1 N–H and O–H groups in total. The molecule has 1 saturated carbocycles. The third-order valence-corrected chi connectivity index (χ3v) is 4.35. The van der Waals surface area contributed by atoms with E-state index in [9.17, 15) is 9.59 Å². The fraction of sp³-hybridized carbons (Fsp3) is 0.353. The van der Waals surface area contributed by atoms with Crippen molar-refractivity contribution in [1.82, 2.24) is 9.78 Å². The zero-order valence-electron chi connectivity index (χ0n) is 13.2. The normalized spacial score (nSPS) is 17.2. The molecule has 2 heterocycles. The zero-order valence-corrected chi connectivity index (χ0v) is 13.2. The van der Waals surface area contributed by atoms with Gasteiger partial charge in [0.2, 0.25) is 0 Å².